The molecular weight excluding hydrogens is 548 g/mol. The molecule has 0 aromatic heterocycles. The summed E-state index contributed by atoms with van der Waals surface area (Å²) in [6.07, 6.45) is 3.47. The summed E-state index contributed by atoms with van der Waals surface area (Å²) < 4.78 is 11.6. The molecule has 2 aliphatic heterocycles. The van der Waals surface area contributed by atoms with Crippen LogP contribution in [0.3, 0.4) is 0 Å². The van der Waals surface area contributed by atoms with Crippen molar-refractivity contribution in [2.45, 2.75) is 87.7 Å². The highest BCUT2D eigenvalue weighted by molar-refractivity contribution is 8.01. The van der Waals surface area contributed by atoms with Gasteiger partial charge in [0.1, 0.15) is 6.61 Å². The number of amides is 3. The third-order valence-electron chi connectivity index (χ3n) is 8.51. The van der Waals surface area contributed by atoms with Gasteiger partial charge in [0, 0.05) is 30.3 Å². The lowest BCUT2D eigenvalue weighted by molar-refractivity contribution is -0.178. The van der Waals surface area contributed by atoms with Gasteiger partial charge in [0.15, 0.2) is 14.1 Å². The number of ether oxygens (including phenoxy) is 1. The first-order chi connectivity index (χ1) is 18.6. The normalized spacial score (nSPS) is 26.2. The lowest BCUT2D eigenvalue weighted by Gasteiger charge is -2.53. The van der Waals surface area contributed by atoms with Gasteiger partial charge in [0.25, 0.3) is 5.78 Å². The molecule has 0 aromatic rings. The van der Waals surface area contributed by atoms with Crippen molar-refractivity contribution in [3.63, 3.8) is 0 Å². The van der Waals surface area contributed by atoms with Crippen molar-refractivity contribution in [1.29, 1.82) is 0 Å². The van der Waals surface area contributed by atoms with Crippen molar-refractivity contribution in [2.75, 3.05) is 19.7 Å². The molecule has 0 aromatic carbocycles. The number of Topliss-reactive ketones (excluding diaryl/α,β-unsaturated/α-hetero) is 1. The first-order valence-electron chi connectivity index (χ1n) is 13.8. The summed E-state index contributed by atoms with van der Waals surface area (Å²) in [5.41, 5.74) is 2.30. The molecule has 3 aliphatic rings. The number of imide groups is 1. The van der Waals surface area contributed by atoms with Gasteiger partial charge < -0.3 is 14.1 Å². The summed E-state index contributed by atoms with van der Waals surface area (Å²) >= 11 is 1.54. The van der Waals surface area contributed by atoms with Crippen LogP contribution >= 0.6 is 11.8 Å². The molecule has 0 radical (unpaired) electrons. The Morgan fingerprint density at radius 3 is 2.42 bits per heavy atom. The lowest BCUT2D eigenvalue weighted by atomic mass is 9.70. The van der Waals surface area contributed by atoms with Crippen LogP contribution in [-0.2, 0) is 28.3 Å². The van der Waals surface area contributed by atoms with Crippen LogP contribution in [-0.4, -0.2) is 89.9 Å². The minimum absolute atomic E-state index is 0.0181. The van der Waals surface area contributed by atoms with Crippen molar-refractivity contribution in [1.82, 2.24) is 9.80 Å². The van der Waals surface area contributed by atoms with E-state index in [1.54, 1.807) is 16.7 Å². The van der Waals surface area contributed by atoms with Crippen molar-refractivity contribution >= 4 is 49.6 Å². The lowest BCUT2D eigenvalue weighted by Crippen LogP contribution is -2.71. The predicted octanol–water partition coefficient (Wildman–Crippen LogP) is 4.14. The molecule has 0 unspecified atom stereocenters. The molecule has 1 saturated carbocycles. The smallest absolute Gasteiger partial charge is 0.410 e. The molecule has 5 atom stereocenters. The van der Waals surface area contributed by atoms with Gasteiger partial charge in [-0.1, -0.05) is 46.4 Å². The van der Waals surface area contributed by atoms with Crippen molar-refractivity contribution in [2.24, 2.45) is 11.8 Å². The Bertz CT molecular complexity index is 1100. The van der Waals surface area contributed by atoms with Gasteiger partial charge in [-0.3, -0.25) is 24.1 Å². The average Bonchev–Trinajstić information content (AvgIpc) is 2.83. The summed E-state index contributed by atoms with van der Waals surface area (Å²) in [7, 11) is -2.26. The van der Waals surface area contributed by atoms with E-state index in [2.05, 4.69) is 52.8 Å². The molecule has 2 heterocycles. The zero-order valence-corrected chi connectivity index (χ0v) is 26.3. The number of hydrogen-bond acceptors (Lipinski definition) is 8. The minimum Gasteiger partial charge on any atom is -0.445 e. The predicted molar refractivity (Wildman–Crippen MR) is 156 cm³/mol. The Labute approximate surface area is 242 Å². The molecule has 3 amide bonds. The summed E-state index contributed by atoms with van der Waals surface area (Å²) in [6.45, 7) is 20.4. The van der Waals surface area contributed by atoms with Crippen LogP contribution in [0.25, 0.3) is 0 Å². The van der Waals surface area contributed by atoms with Crippen LogP contribution in [0.4, 0.5) is 4.79 Å². The molecule has 3 fully saturated rings. The molecule has 11 heteroatoms. The second-order valence-corrected chi connectivity index (χ2v) is 18.5. The van der Waals surface area contributed by atoms with E-state index in [9.17, 15) is 24.0 Å². The summed E-state index contributed by atoms with van der Waals surface area (Å²) in [6, 6.07) is -0.746. The van der Waals surface area contributed by atoms with Crippen LogP contribution in [0.1, 0.15) is 47.0 Å². The van der Waals surface area contributed by atoms with E-state index in [0.29, 0.717) is 25.9 Å². The Morgan fingerprint density at radius 1 is 1.20 bits per heavy atom. The van der Waals surface area contributed by atoms with Gasteiger partial charge in [0.2, 0.25) is 5.91 Å². The van der Waals surface area contributed by atoms with E-state index < -0.39 is 56.0 Å². The van der Waals surface area contributed by atoms with Crippen LogP contribution in [0.2, 0.25) is 18.1 Å². The number of β-lactam (4-membered cyclic amide) rings is 1. The van der Waals surface area contributed by atoms with Gasteiger partial charge in [0.05, 0.1) is 23.3 Å². The number of carbonyl (C=O) groups excluding carboxylic acids is 5. The van der Waals surface area contributed by atoms with E-state index in [0.717, 1.165) is 17.4 Å². The van der Waals surface area contributed by atoms with Crippen LogP contribution in [0.15, 0.2) is 31.0 Å². The Hall–Kier alpha value is -2.46. The molecule has 40 heavy (non-hydrogen) atoms. The molecular formula is C29H42N2O7SSi. The maximum Gasteiger partial charge on any atom is 0.410 e. The number of rotatable bonds is 10. The first kappa shape index (κ1) is 32.1. The molecule has 3 rings (SSSR count). The molecule has 0 bridgehead atoms. The maximum atomic E-state index is 13.8. The van der Waals surface area contributed by atoms with E-state index >= 15 is 0 Å². The molecule has 9 nitrogen and oxygen atoms in total. The fourth-order valence-electron chi connectivity index (χ4n) is 5.31. The van der Waals surface area contributed by atoms with E-state index in [-0.39, 0.29) is 27.9 Å². The number of carbonyl (C=O) groups is 5. The zero-order chi connectivity index (χ0) is 30.0. The molecule has 0 N–H and O–H groups in total. The largest absolute Gasteiger partial charge is 0.445 e. The quantitative estimate of drug-likeness (QED) is 0.0933. The van der Waals surface area contributed by atoms with Gasteiger partial charge in [-0.25, -0.2) is 4.79 Å². The monoisotopic (exact) mass is 590 g/mol. The van der Waals surface area contributed by atoms with Crippen LogP contribution < -0.4 is 0 Å². The highest BCUT2D eigenvalue weighted by atomic mass is 32.2. The number of likely N-dealkylation sites (tertiary alicyclic amines) is 2. The first-order valence-corrected chi connectivity index (χ1v) is 17.7. The highest BCUT2D eigenvalue weighted by Crippen LogP contribution is 2.45. The minimum atomic E-state index is -2.26. The topological polar surface area (TPSA) is 110 Å². The SMILES string of the molecule is C=C=CC(=O)C(=O)N1C(=O)[C@H]([C@@H](C)O[Si](C)(C)C(C)(C)C)[C@H]1[C@H]1CCC[C@H](SC2CN(C(=O)OCC=C)C2)C1=O. The Balaban J connectivity index is 1.78. The van der Waals surface area contributed by atoms with Gasteiger partial charge in [-0.2, -0.15) is 0 Å². The number of hydrogen-bond donors (Lipinski definition) is 0. The number of ketones is 2. The standard InChI is InChI=1S/C29H42N2O7SSi/c1-9-12-21(32)26(34)31-24(23(27(31)35)18(3)38-40(7,8)29(4,5)6)20-13-11-14-22(25(20)33)39-19-16-30(17-19)28(36)37-15-10-2/h10,12,18-20,22-24H,1-2,11,13-17H2,3-8H3/t18-,20-,22+,23-,24-/m1/s1. The summed E-state index contributed by atoms with van der Waals surface area (Å²) in [5, 5.41) is -0.314. The summed E-state index contributed by atoms with van der Waals surface area (Å²) in [5.74, 6) is -3.64. The number of thioether (sulfide) groups is 1. The van der Waals surface area contributed by atoms with Crippen molar-refractivity contribution < 1.29 is 33.1 Å². The van der Waals surface area contributed by atoms with Crippen LogP contribution in [0, 0.1) is 11.8 Å². The average molecular weight is 591 g/mol. The molecule has 2 saturated heterocycles. The third-order valence-corrected chi connectivity index (χ3v) is 14.6. The highest BCUT2D eigenvalue weighted by Gasteiger charge is 2.60. The van der Waals surface area contributed by atoms with Crippen molar-refractivity contribution in [3.8, 4) is 0 Å². The second kappa shape index (κ2) is 12.6. The summed E-state index contributed by atoms with van der Waals surface area (Å²) in [4.78, 5) is 67.3. The fourth-order valence-corrected chi connectivity index (χ4v) is 8.35. The van der Waals surface area contributed by atoms with Gasteiger partial charge >= 0.3 is 12.0 Å². The van der Waals surface area contributed by atoms with Crippen molar-refractivity contribution in [3.05, 3.63) is 31.0 Å². The van der Waals surface area contributed by atoms with E-state index in [1.165, 1.54) is 6.08 Å². The molecule has 220 valence electrons. The maximum absolute atomic E-state index is 13.8. The van der Waals surface area contributed by atoms with Gasteiger partial charge in [-0.05, 0) is 37.9 Å². The van der Waals surface area contributed by atoms with Gasteiger partial charge in [-0.15, -0.1) is 17.5 Å². The second-order valence-electron chi connectivity index (χ2n) is 12.3. The van der Waals surface area contributed by atoms with E-state index in [4.69, 9.17) is 9.16 Å². The third kappa shape index (κ3) is 6.54. The Kier molecular flexibility index (Phi) is 10.1. The fraction of sp³-hybridized carbons (Fsp3) is 0.655. The molecule has 1 aliphatic carbocycles. The van der Waals surface area contributed by atoms with Crippen LogP contribution in [0.5, 0.6) is 0 Å². The zero-order valence-electron chi connectivity index (χ0n) is 24.4. The number of nitrogens with zero attached hydrogens (tertiary/aromatic N) is 2. The molecule has 0 spiro atoms. The van der Waals surface area contributed by atoms with E-state index in [1.807, 2.05) is 6.92 Å². The Morgan fingerprint density at radius 2 is 1.85 bits per heavy atom.